The second-order valence-corrected chi connectivity index (χ2v) is 6.97. The molecule has 0 saturated carbocycles. The lowest BCUT2D eigenvalue weighted by atomic mass is 9.86. The Morgan fingerprint density at radius 2 is 1.85 bits per heavy atom. The summed E-state index contributed by atoms with van der Waals surface area (Å²) in [4.78, 5) is 36.4. The number of hydrogen-bond donors (Lipinski definition) is 1. The lowest BCUT2D eigenvalue weighted by Crippen LogP contribution is -2.32. The molecule has 1 unspecified atom stereocenters. The molecule has 1 heterocycles. The molecule has 1 aromatic carbocycles. The smallest absolute Gasteiger partial charge is 0.329 e. The van der Waals surface area contributed by atoms with Crippen LogP contribution in [-0.2, 0) is 19.1 Å². The minimum atomic E-state index is -0.394. The van der Waals surface area contributed by atoms with Crippen molar-refractivity contribution < 1.29 is 19.1 Å². The van der Waals surface area contributed by atoms with Crippen LogP contribution in [0.4, 0.5) is 11.4 Å². The third-order valence-corrected chi connectivity index (χ3v) is 4.92. The fraction of sp³-hybridized carbons (Fsp3) is 0.381. The standard InChI is InChI=1S/C17H20N2O2.C4H6O2/c1-9-4-5-12-13(6-9)17(21)19(16(12)20)15-8-14(18)10(2)7-11(15)3;1-3-4(5)6-2/h7-9H,4-6,18H2,1-3H3;3H,1H2,2H3. The van der Waals surface area contributed by atoms with Crippen LogP contribution >= 0.6 is 0 Å². The van der Waals surface area contributed by atoms with Crippen molar-refractivity contribution in [2.24, 2.45) is 5.92 Å². The largest absolute Gasteiger partial charge is 0.466 e. The van der Waals surface area contributed by atoms with Crippen LogP contribution < -0.4 is 10.6 Å². The predicted octanol–water partition coefficient (Wildman–Crippen LogP) is 3.22. The molecule has 0 saturated heterocycles. The maximum Gasteiger partial charge on any atom is 0.329 e. The van der Waals surface area contributed by atoms with Gasteiger partial charge in [0.25, 0.3) is 11.8 Å². The highest BCUT2D eigenvalue weighted by molar-refractivity contribution is 6.33. The van der Waals surface area contributed by atoms with E-state index in [2.05, 4.69) is 18.2 Å². The van der Waals surface area contributed by atoms with Gasteiger partial charge in [0.1, 0.15) is 0 Å². The molecule has 2 amide bonds. The zero-order chi connectivity index (χ0) is 20.3. The molecule has 0 fully saturated rings. The molecule has 144 valence electrons. The lowest BCUT2D eigenvalue weighted by Gasteiger charge is -2.19. The topological polar surface area (TPSA) is 89.7 Å². The van der Waals surface area contributed by atoms with E-state index in [0.29, 0.717) is 41.3 Å². The summed E-state index contributed by atoms with van der Waals surface area (Å²) in [6.07, 6.45) is 3.50. The number of nitrogens with zero attached hydrogens (tertiary/aromatic N) is 1. The van der Waals surface area contributed by atoms with Crippen molar-refractivity contribution >= 4 is 29.2 Å². The van der Waals surface area contributed by atoms with Crippen molar-refractivity contribution in [1.82, 2.24) is 0 Å². The summed E-state index contributed by atoms with van der Waals surface area (Å²) in [5, 5.41) is 0. The zero-order valence-electron chi connectivity index (χ0n) is 16.3. The van der Waals surface area contributed by atoms with Crippen LogP contribution in [-0.4, -0.2) is 24.9 Å². The average Bonchev–Trinajstić information content (AvgIpc) is 2.88. The van der Waals surface area contributed by atoms with E-state index in [-0.39, 0.29) is 11.8 Å². The Balaban J connectivity index is 0.000000380. The summed E-state index contributed by atoms with van der Waals surface area (Å²) in [6.45, 7) is 9.11. The van der Waals surface area contributed by atoms with Gasteiger partial charge in [-0.1, -0.05) is 19.6 Å². The van der Waals surface area contributed by atoms with Crippen LogP contribution in [0.1, 0.15) is 37.3 Å². The zero-order valence-corrected chi connectivity index (χ0v) is 16.3. The molecule has 6 nitrogen and oxygen atoms in total. The van der Waals surface area contributed by atoms with Crippen molar-refractivity contribution in [3.05, 3.63) is 47.1 Å². The van der Waals surface area contributed by atoms with Crippen LogP contribution in [0.2, 0.25) is 0 Å². The van der Waals surface area contributed by atoms with Crippen LogP contribution in [0.3, 0.4) is 0 Å². The second-order valence-electron chi connectivity index (χ2n) is 6.97. The molecule has 0 radical (unpaired) electrons. The van der Waals surface area contributed by atoms with Crippen LogP contribution in [0, 0.1) is 19.8 Å². The molecular weight excluding hydrogens is 344 g/mol. The average molecular weight is 370 g/mol. The first-order valence-electron chi connectivity index (χ1n) is 8.89. The lowest BCUT2D eigenvalue weighted by molar-refractivity contribution is -0.134. The number of nitrogen functional groups attached to an aromatic ring is 1. The van der Waals surface area contributed by atoms with Gasteiger partial charge in [0.2, 0.25) is 0 Å². The Labute approximate surface area is 159 Å². The van der Waals surface area contributed by atoms with Crippen LogP contribution in [0.25, 0.3) is 0 Å². The first-order valence-corrected chi connectivity index (χ1v) is 8.89. The summed E-state index contributed by atoms with van der Waals surface area (Å²) in [5.74, 6) is -0.249. The Kier molecular flexibility index (Phi) is 6.20. The molecular formula is C21H26N2O4. The number of benzene rings is 1. The number of aryl methyl sites for hydroxylation is 2. The first kappa shape index (κ1) is 20.4. The summed E-state index contributed by atoms with van der Waals surface area (Å²) in [5.41, 5.74) is 10.5. The Morgan fingerprint density at radius 3 is 2.41 bits per heavy atom. The molecule has 1 atom stereocenters. The normalized spacial score (nSPS) is 18.7. The van der Waals surface area contributed by atoms with Crippen molar-refractivity contribution in [3.63, 3.8) is 0 Å². The van der Waals surface area contributed by atoms with E-state index >= 15 is 0 Å². The molecule has 1 aromatic rings. The molecule has 1 aliphatic heterocycles. The number of nitrogens with two attached hydrogens (primary N) is 1. The van der Waals surface area contributed by atoms with Gasteiger partial charge in [0.05, 0.1) is 12.8 Å². The number of rotatable bonds is 2. The van der Waals surface area contributed by atoms with Crippen molar-refractivity contribution in [1.29, 1.82) is 0 Å². The van der Waals surface area contributed by atoms with Gasteiger partial charge in [-0.25, -0.2) is 9.69 Å². The molecule has 0 spiro atoms. The Morgan fingerprint density at radius 1 is 1.22 bits per heavy atom. The number of amides is 2. The number of anilines is 2. The third kappa shape index (κ3) is 4.10. The number of esters is 1. The summed E-state index contributed by atoms with van der Waals surface area (Å²) >= 11 is 0. The monoisotopic (exact) mass is 370 g/mol. The maximum absolute atomic E-state index is 12.7. The van der Waals surface area contributed by atoms with E-state index in [4.69, 9.17) is 5.73 Å². The van der Waals surface area contributed by atoms with E-state index in [1.165, 1.54) is 12.0 Å². The van der Waals surface area contributed by atoms with Gasteiger partial charge in [-0.05, 0) is 56.2 Å². The number of hydrogen-bond acceptors (Lipinski definition) is 5. The highest BCUT2D eigenvalue weighted by Crippen LogP contribution is 2.39. The predicted molar refractivity (Wildman–Crippen MR) is 105 cm³/mol. The minimum absolute atomic E-state index is 0.159. The SMILES string of the molecule is C=CC(=O)OC.Cc1cc(C)c(N2C(=O)C3=C(CC(C)CC3)C2=O)cc1N. The highest BCUT2D eigenvalue weighted by Gasteiger charge is 2.41. The van der Waals surface area contributed by atoms with Gasteiger partial charge in [0.15, 0.2) is 0 Å². The fourth-order valence-electron chi connectivity index (χ4n) is 3.33. The van der Waals surface area contributed by atoms with E-state index in [1.54, 1.807) is 6.07 Å². The Hall–Kier alpha value is -2.89. The second kappa shape index (κ2) is 8.20. The summed E-state index contributed by atoms with van der Waals surface area (Å²) < 4.78 is 4.14. The van der Waals surface area contributed by atoms with E-state index in [9.17, 15) is 14.4 Å². The van der Waals surface area contributed by atoms with E-state index in [1.807, 2.05) is 19.9 Å². The molecule has 1 aliphatic carbocycles. The molecule has 2 aliphatic rings. The van der Waals surface area contributed by atoms with Gasteiger partial charge >= 0.3 is 5.97 Å². The summed E-state index contributed by atoms with van der Waals surface area (Å²) in [7, 11) is 1.31. The van der Waals surface area contributed by atoms with Crippen LogP contribution in [0.5, 0.6) is 0 Å². The third-order valence-electron chi connectivity index (χ3n) is 4.92. The van der Waals surface area contributed by atoms with Crippen molar-refractivity contribution in [3.8, 4) is 0 Å². The van der Waals surface area contributed by atoms with E-state index < -0.39 is 5.97 Å². The fourth-order valence-corrected chi connectivity index (χ4v) is 3.33. The molecule has 0 bridgehead atoms. The Bertz CT molecular complexity index is 839. The number of carbonyl (C=O) groups is 3. The first-order chi connectivity index (χ1) is 12.7. The van der Waals surface area contributed by atoms with Gasteiger partial charge in [-0.2, -0.15) is 0 Å². The van der Waals surface area contributed by atoms with Gasteiger partial charge in [-0.3, -0.25) is 9.59 Å². The number of methoxy groups -OCH3 is 1. The van der Waals surface area contributed by atoms with Gasteiger partial charge < -0.3 is 10.5 Å². The van der Waals surface area contributed by atoms with E-state index in [0.717, 1.165) is 23.6 Å². The molecule has 6 heteroatoms. The number of ether oxygens (including phenoxy) is 1. The number of carbonyl (C=O) groups excluding carboxylic acids is 3. The molecule has 2 N–H and O–H groups in total. The molecule has 3 rings (SSSR count). The van der Waals surface area contributed by atoms with Gasteiger partial charge in [-0.15, -0.1) is 0 Å². The molecule has 27 heavy (non-hydrogen) atoms. The van der Waals surface area contributed by atoms with Crippen molar-refractivity contribution in [2.75, 3.05) is 17.7 Å². The minimum Gasteiger partial charge on any atom is -0.466 e. The van der Waals surface area contributed by atoms with Gasteiger partial charge in [0, 0.05) is 22.9 Å². The van der Waals surface area contributed by atoms with Crippen LogP contribution in [0.15, 0.2) is 35.9 Å². The maximum atomic E-state index is 12.7. The number of imide groups is 1. The quantitative estimate of drug-likeness (QED) is 0.374. The summed E-state index contributed by atoms with van der Waals surface area (Å²) in [6, 6.07) is 3.66. The highest BCUT2D eigenvalue weighted by atomic mass is 16.5. The molecule has 0 aromatic heterocycles. The van der Waals surface area contributed by atoms with Crippen molar-refractivity contribution in [2.45, 2.75) is 40.0 Å².